The van der Waals surface area contributed by atoms with Crippen LogP contribution in [0.2, 0.25) is 0 Å². The molecule has 23 heavy (non-hydrogen) atoms. The van der Waals surface area contributed by atoms with Crippen molar-refractivity contribution < 1.29 is 29.4 Å². The van der Waals surface area contributed by atoms with Gasteiger partial charge in [0.15, 0.2) is 0 Å². The Bertz CT molecular complexity index is 509. The van der Waals surface area contributed by atoms with Gasteiger partial charge in [0.1, 0.15) is 11.6 Å². The third-order valence-corrected chi connectivity index (χ3v) is 4.39. The monoisotopic (exact) mass is 329 g/mol. The average molecular weight is 329 g/mol. The van der Waals surface area contributed by atoms with E-state index in [4.69, 9.17) is 10.8 Å². The summed E-state index contributed by atoms with van der Waals surface area (Å²) in [5.74, 6) is -3.31. The van der Waals surface area contributed by atoms with Gasteiger partial charge in [-0.3, -0.25) is 14.4 Å². The molecule has 0 bridgehead atoms. The normalized spacial score (nSPS) is 20.0. The third kappa shape index (κ3) is 3.98. The number of rotatable bonds is 7. The zero-order valence-corrected chi connectivity index (χ0v) is 13.3. The highest BCUT2D eigenvalue weighted by Gasteiger charge is 2.44. The summed E-state index contributed by atoms with van der Waals surface area (Å²) < 4.78 is 0. The first-order chi connectivity index (χ1) is 10.6. The van der Waals surface area contributed by atoms with Crippen LogP contribution in [0.4, 0.5) is 0 Å². The van der Waals surface area contributed by atoms with E-state index >= 15 is 0 Å². The molecule has 0 aliphatic carbocycles. The van der Waals surface area contributed by atoms with Gasteiger partial charge in [-0.15, -0.1) is 0 Å². The maximum atomic E-state index is 12.7. The van der Waals surface area contributed by atoms with Crippen molar-refractivity contribution in [3.8, 4) is 0 Å². The van der Waals surface area contributed by atoms with Crippen LogP contribution in [0.3, 0.4) is 0 Å². The maximum absolute atomic E-state index is 12.7. The number of carboxylic acid groups (broad SMARTS) is 2. The zero-order valence-electron chi connectivity index (χ0n) is 13.3. The molecule has 1 rings (SSSR count). The first-order valence-electron chi connectivity index (χ1n) is 7.37. The van der Waals surface area contributed by atoms with Gasteiger partial charge in [0.25, 0.3) is 0 Å². The van der Waals surface area contributed by atoms with Crippen LogP contribution in [0.25, 0.3) is 0 Å². The Labute approximate surface area is 134 Å². The minimum Gasteiger partial charge on any atom is -0.481 e. The number of hydrogen-bond donors (Lipinski definition) is 3. The van der Waals surface area contributed by atoms with Gasteiger partial charge >= 0.3 is 11.9 Å². The summed E-state index contributed by atoms with van der Waals surface area (Å²) in [6.07, 6.45) is 0.465. The van der Waals surface area contributed by atoms with E-state index < -0.39 is 29.4 Å². The van der Waals surface area contributed by atoms with Crippen molar-refractivity contribution >= 4 is 23.8 Å². The molecule has 2 amide bonds. The number of likely N-dealkylation sites (N-methyl/N-ethyl adjacent to an activating group) is 1. The van der Waals surface area contributed by atoms with Crippen LogP contribution < -0.4 is 5.73 Å². The smallest absolute Gasteiger partial charge is 0.329 e. The number of nitrogens with two attached hydrogens (primary N) is 1. The lowest BCUT2D eigenvalue weighted by Gasteiger charge is -2.38. The highest BCUT2D eigenvalue weighted by Crippen LogP contribution is 2.26. The molecule has 0 unspecified atom stereocenters. The van der Waals surface area contributed by atoms with E-state index in [1.54, 1.807) is 0 Å². The quantitative estimate of drug-likeness (QED) is 0.549. The number of carbonyl (C=O) groups is 4. The second-order valence-electron chi connectivity index (χ2n) is 5.82. The molecule has 0 spiro atoms. The van der Waals surface area contributed by atoms with Crippen LogP contribution in [-0.2, 0) is 19.2 Å². The van der Waals surface area contributed by atoms with Crippen LogP contribution >= 0.6 is 0 Å². The van der Waals surface area contributed by atoms with Crippen molar-refractivity contribution in [2.45, 2.75) is 44.2 Å². The van der Waals surface area contributed by atoms with E-state index in [9.17, 15) is 24.3 Å². The Kier molecular flexibility index (Phi) is 6.08. The van der Waals surface area contributed by atoms with Gasteiger partial charge < -0.3 is 25.7 Å². The molecule has 1 aliphatic heterocycles. The van der Waals surface area contributed by atoms with E-state index in [2.05, 4.69) is 0 Å². The number of carboxylic acids is 2. The van der Waals surface area contributed by atoms with Crippen LogP contribution in [0, 0.1) is 0 Å². The molecule has 4 N–H and O–H groups in total. The Morgan fingerprint density at radius 2 is 1.91 bits per heavy atom. The standard InChI is InChI=1S/C14H23N3O6/c1-14(13(22)23,6-5-11(19)20)16(2)12(21)9-4-3-7-17(9)10(18)8-15/h9H,3-8,15H2,1-2H3,(H,19,20)(H,22,23)/t9-,14-/m0/s1. The topological polar surface area (TPSA) is 141 Å². The molecule has 0 aromatic rings. The molecule has 2 atom stereocenters. The predicted molar refractivity (Wildman–Crippen MR) is 79.5 cm³/mol. The summed E-state index contributed by atoms with van der Waals surface area (Å²) in [6, 6.07) is -0.750. The summed E-state index contributed by atoms with van der Waals surface area (Å²) >= 11 is 0. The van der Waals surface area contributed by atoms with Gasteiger partial charge in [0.2, 0.25) is 11.8 Å². The summed E-state index contributed by atoms with van der Waals surface area (Å²) in [6.45, 7) is 1.49. The van der Waals surface area contributed by atoms with Gasteiger partial charge in [0, 0.05) is 20.0 Å². The molecule has 0 aromatic heterocycles. The van der Waals surface area contributed by atoms with E-state index in [-0.39, 0.29) is 25.3 Å². The van der Waals surface area contributed by atoms with E-state index in [0.29, 0.717) is 19.4 Å². The Morgan fingerprint density at radius 3 is 2.39 bits per heavy atom. The van der Waals surface area contributed by atoms with Gasteiger partial charge in [-0.2, -0.15) is 0 Å². The Morgan fingerprint density at radius 1 is 1.30 bits per heavy atom. The van der Waals surface area contributed by atoms with Gasteiger partial charge in [0.05, 0.1) is 6.54 Å². The average Bonchev–Trinajstić information content (AvgIpc) is 2.99. The number of likely N-dealkylation sites (tertiary alicyclic amines) is 1. The summed E-state index contributed by atoms with van der Waals surface area (Å²) in [5, 5.41) is 18.2. The summed E-state index contributed by atoms with van der Waals surface area (Å²) in [4.78, 5) is 49.1. The lowest BCUT2D eigenvalue weighted by molar-refractivity contribution is -0.160. The molecule has 1 heterocycles. The van der Waals surface area contributed by atoms with Crippen molar-refractivity contribution in [3.05, 3.63) is 0 Å². The highest BCUT2D eigenvalue weighted by molar-refractivity contribution is 5.92. The largest absolute Gasteiger partial charge is 0.481 e. The van der Waals surface area contributed by atoms with E-state index in [1.165, 1.54) is 18.9 Å². The maximum Gasteiger partial charge on any atom is 0.329 e. The van der Waals surface area contributed by atoms with Crippen molar-refractivity contribution in [2.75, 3.05) is 20.1 Å². The number of hydrogen-bond acceptors (Lipinski definition) is 5. The molecule has 0 saturated carbocycles. The molecule has 1 saturated heterocycles. The summed E-state index contributed by atoms with van der Waals surface area (Å²) in [5.41, 5.74) is 3.67. The van der Waals surface area contributed by atoms with Crippen molar-refractivity contribution in [1.82, 2.24) is 9.80 Å². The molecule has 0 aromatic carbocycles. The van der Waals surface area contributed by atoms with Crippen LogP contribution in [0.5, 0.6) is 0 Å². The second kappa shape index (κ2) is 7.40. The van der Waals surface area contributed by atoms with Crippen molar-refractivity contribution in [1.29, 1.82) is 0 Å². The molecule has 130 valence electrons. The van der Waals surface area contributed by atoms with Gasteiger partial charge in [-0.25, -0.2) is 4.79 Å². The Balaban J connectivity index is 2.96. The van der Waals surface area contributed by atoms with Gasteiger partial charge in [-0.1, -0.05) is 0 Å². The highest BCUT2D eigenvalue weighted by atomic mass is 16.4. The molecular weight excluding hydrogens is 306 g/mol. The van der Waals surface area contributed by atoms with Gasteiger partial charge in [-0.05, 0) is 26.2 Å². The minimum atomic E-state index is -1.66. The fourth-order valence-corrected chi connectivity index (χ4v) is 2.67. The number of aliphatic carboxylic acids is 2. The van der Waals surface area contributed by atoms with E-state index in [1.807, 2.05) is 0 Å². The lowest BCUT2D eigenvalue weighted by atomic mass is 9.93. The molecule has 0 radical (unpaired) electrons. The van der Waals surface area contributed by atoms with E-state index in [0.717, 1.165) is 4.90 Å². The predicted octanol–water partition coefficient (Wildman–Crippen LogP) is -0.897. The molecule has 1 fully saturated rings. The first kappa shape index (κ1) is 18.9. The number of nitrogens with zero attached hydrogens (tertiary/aromatic N) is 2. The fraction of sp³-hybridized carbons (Fsp3) is 0.714. The molecule has 9 heteroatoms. The lowest BCUT2D eigenvalue weighted by Crippen LogP contribution is -2.58. The summed E-state index contributed by atoms with van der Waals surface area (Å²) in [7, 11) is 1.32. The van der Waals surface area contributed by atoms with Crippen LogP contribution in [0.15, 0.2) is 0 Å². The SMILES string of the molecule is CN(C(=O)[C@@H]1CCCN1C(=O)CN)[C@@](C)(CCC(=O)O)C(=O)O. The number of carbonyl (C=O) groups excluding carboxylic acids is 2. The van der Waals surface area contributed by atoms with Crippen LogP contribution in [0.1, 0.15) is 32.6 Å². The molecule has 9 nitrogen and oxygen atoms in total. The number of amides is 2. The molecule has 1 aliphatic rings. The van der Waals surface area contributed by atoms with Crippen molar-refractivity contribution in [3.63, 3.8) is 0 Å². The Hall–Kier alpha value is -2.16. The first-order valence-corrected chi connectivity index (χ1v) is 7.37. The molecular formula is C14H23N3O6. The third-order valence-electron chi connectivity index (χ3n) is 4.39. The van der Waals surface area contributed by atoms with Crippen LogP contribution in [-0.4, -0.2) is 75.5 Å². The zero-order chi connectivity index (χ0) is 17.8. The minimum absolute atomic E-state index is 0.220. The fourth-order valence-electron chi connectivity index (χ4n) is 2.67. The second-order valence-corrected chi connectivity index (χ2v) is 5.82. The van der Waals surface area contributed by atoms with Crippen molar-refractivity contribution in [2.24, 2.45) is 5.73 Å².